The molecule has 3 nitrogen and oxygen atoms in total. The second-order valence-electron chi connectivity index (χ2n) is 3.41. The third-order valence-corrected chi connectivity index (χ3v) is 4.09. The first-order valence-electron chi connectivity index (χ1n) is 4.96. The molecule has 0 aliphatic carbocycles. The number of phenolic OH excluding ortho intramolecular Hbond substituents is 1. The van der Waals surface area contributed by atoms with Gasteiger partial charge in [0.2, 0.25) is 0 Å². The van der Waals surface area contributed by atoms with Crippen molar-refractivity contribution >= 4 is 33.2 Å². The summed E-state index contributed by atoms with van der Waals surface area (Å²) in [6, 6.07) is 8.78. The van der Waals surface area contributed by atoms with Crippen LogP contribution in [0.25, 0.3) is 0 Å². The molecule has 0 atom stereocenters. The highest BCUT2D eigenvalue weighted by Crippen LogP contribution is 2.22. The molecular weight excluding hydrogens is 302 g/mol. The molecule has 1 heterocycles. The number of para-hydroxylation sites is 1. The van der Waals surface area contributed by atoms with Crippen LogP contribution in [0, 0.1) is 0 Å². The van der Waals surface area contributed by atoms with Crippen molar-refractivity contribution in [2.24, 2.45) is 0 Å². The Balaban J connectivity index is 2.02. The summed E-state index contributed by atoms with van der Waals surface area (Å²) in [5.74, 6) is 0.0492. The van der Waals surface area contributed by atoms with Gasteiger partial charge in [-0.3, -0.25) is 4.79 Å². The van der Waals surface area contributed by atoms with E-state index in [4.69, 9.17) is 0 Å². The van der Waals surface area contributed by atoms with Gasteiger partial charge >= 0.3 is 0 Å². The van der Waals surface area contributed by atoms with Crippen LogP contribution in [0.5, 0.6) is 5.75 Å². The van der Waals surface area contributed by atoms with Gasteiger partial charge in [-0.1, -0.05) is 18.2 Å². The van der Waals surface area contributed by atoms with Gasteiger partial charge in [0.05, 0.1) is 0 Å². The van der Waals surface area contributed by atoms with Crippen LogP contribution in [0.1, 0.15) is 15.2 Å². The molecule has 0 fully saturated rings. The number of carbonyl (C=O) groups excluding carboxylic acids is 1. The van der Waals surface area contributed by atoms with Crippen molar-refractivity contribution in [1.82, 2.24) is 5.32 Å². The Morgan fingerprint density at radius 1 is 1.35 bits per heavy atom. The van der Waals surface area contributed by atoms with Gasteiger partial charge in [0.25, 0.3) is 5.91 Å². The molecule has 1 aromatic carbocycles. The van der Waals surface area contributed by atoms with E-state index in [1.807, 2.05) is 17.5 Å². The van der Waals surface area contributed by atoms with Crippen LogP contribution in [-0.2, 0) is 6.54 Å². The number of nitrogens with one attached hydrogen (secondary N) is 1. The SMILES string of the molecule is O=C(NCc1ccccc1O)c1sccc1Br. The lowest BCUT2D eigenvalue weighted by molar-refractivity contribution is 0.0954. The summed E-state index contributed by atoms with van der Waals surface area (Å²) in [5.41, 5.74) is 0.702. The fourth-order valence-electron chi connectivity index (χ4n) is 1.37. The van der Waals surface area contributed by atoms with Crippen molar-refractivity contribution in [3.8, 4) is 5.75 Å². The van der Waals surface area contributed by atoms with Gasteiger partial charge in [0, 0.05) is 16.6 Å². The molecule has 0 aliphatic heterocycles. The molecule has 2 aromatic rings. The maximum atomic E-state index is 11.8. The predicted octanol–water partition coefficient (Wildman–Crippen LogP) is 3.15. The molecule has 0 saturated heterocycles. The van der Waals surface area contributed by atoms with Crippen molar-refractivity contribution < 1.29 is 9.90 Å². The van der Waals surface area contributed by atoms with Crippen LogP contribution in [0.4, 0.5) is 0 Å². The average Bonchev–Trinajstić information content (AvgIpc) is 2.74. The van der Waals surface area contributed by atoms with Gasteiger partial charge < -0.3 is 10.4 Å². The molecule has 1 amide bonds. The molecular formula is C12H10BrNO2S. The summed E-state index contributed by atoms with van der Waals surface area (Å²) >= 11 is 4.68. The van der Waals surface area contributed by atoms with Crippen LogP contribution < -0.4 is 5.32 Å². The Hall–Kier alpha value is -1.33. The molecule has 0 aliphatic rings. The Morgan fingerprint density at radius 3 is 2.76 bits per heavy atom. The number of halogens is 1. The second kappa shape index (κ2) is 5.33. The number of hydrogen-bond donors (Lipinski definition) is 2. The van der Waals surface area contributed by atoms with E-state index in [2.05, 4.69) is 21.2 Å². The number of phenols is 1. The Kier molecular flexibility index (Phi) is 3.81. The monoisotopic (exact) mass is 311 g/mol. The molecule has 2 rings (SSSR count). The molecule has 17 heavy (non-hydrogen) atoms. The van der Waals surface area contributed by atoms with Gasteiger partial charge in [-0.2, -0.15) is 0 Å². The quantitative estimate of drug-likeness (QED) is 0.915. The third-order valence-electron chi connectivity index (χ3n) is 2.25. The fourth-order valence-corrected chi connectivity index (χ4v) is 2.84. The summed E-state index contributed by atoms with van der Waals surface area (Å²) in [6.07, 6.45) is 0. The van der Waals surface area contributed by atoms with Crippen LogP contribution in [0.3, 0.4) is 0 Å². The Bertz CT molecular complexity index is 539. The first-order chi connectivity index (χ1) is 8.18. The van der Waals surface area contributed by atoms with E-state index < -0.39 is 0 Å². The van der Waals surface area contributed by atoms with E-state index in [1.165, 1.54) is 11.3 Å². The zero-order valence-corrected chi connectivity index (χ0v) is 11.2. The summed E-state index contributed by atoms with van der Waals surface area (Å²) in [5, 5.41) is 14.2. The number of thiophene rings is 1. The van der Waals surface area contributed by atoms with Crippen molar-refractivity contribution in [2.75, 3.05) is 0 Å². The molecule has 0 radical (unpaired) electrons. The molecule has 0 unspecified atom stereocenters. The summed E-state index contributed by atoms with van der Waals surface area (Å²) in [4.78, 5) is 12.4. The number of rotatable bonds is 3. The molecule has 88 valence electrons. The molecule has 0 spiro atoms. The lowest BCUT2D eigenvalue weighted by Gasteiger charge is -2.06. The number of aromatic hydroxyl groups is 1. The number of amides is 1. The topological polar surface area (TPSA) is 49.3 Å². The average molecular weight is 312 g/mol. The van der Waals surface area contributed by atoms with E-state index in [0.717, 1.165) is 4.47 Å². The zero-order valence-electron chi connectivity index (χ0n) is 8.81. The van der Waals surface area contributed by atoms with Gasteiger partial charge in [0.15, 0.2) is 0 Å². The Labute approximate surface area is 111 Å². The lowest BCUT2D eigenvalue weighted by atomic mass is 10.2. The highest BCUT2D eigenvalue weighted by atomic mass is 79.9. The van der Waals surface area contributed by atoms with E-state index in [1.54, 1.807) is 18.2 Å². The standard InChI is InChI=1S/C12H10BrNO2S/c13-9-5-6-17-11(9)12(16)14-7-8-3-1-2-4-10(8)15/h1-6,15H,7H2,(H,14,16). The molecule has 0 saturated carbocycles. The molecule has 0 bridgehead atoms. The zero-order chi connectivity index (χ0) is 12.3. The molecule has 2 N–H and O–H groups in total. The van der Waals surface area contributed by atoms with Gasteiger partial charge in [0.1, 0.15) is 10.6 Å². The van der Waals surface area contributed by atoms with Gasteiger partial charge in [-0.05, 0) is 33.4 Å². The minimum absolute atomic E-state index is 0.143. The normalized spacial score (nSPS) is 10.2. The van der Waals surface area contributed by atoms with Crippen LogP contribution in [0.2, 0.25) is 0 Å². The maximum Gasteiger partial charge on any atom is 0.262 e. The second-order valence-corrected chi connectivity index (χ2v) is 5.18. The summed E-state index contributed by atoms with van der Waals surface area (Å²) < 4.78 is 0.789. The fraction of sp³-hybridized carbons (Fsp3) is 0.0833. The van der Waals surface area contributed by atoms with Crippen LogP contribution in [-0.4, -0.2) is 11.0 Å². The smallest absolute Gasteiger partial charge is 0.262 e. The third kappa shape index (κ3) is 2.87. The van der Waals surface area contributed by atoms with Crippen LogP contribution >= 0.6 is 27.3 Å². The summed E-state index contributed by atoms with van der Waals surface area (Å²) in [6.45, 7) is 0.315. The molecule has 5 heteroatoms. The Morgan fingerprint density at radius 2 is 2.12 bits per heavy atom. The number of benzene rings is 1. The van der Waals surface area contributed by atoms with Crippen molar-refractivity contribution in [1.29, 1.82) is 0 Å². The number of hydrogen-bond acceptors (Lipinski definition) is 3. The van der Waals surface area contributed by atoms with Crippen molar-refractivity contribution in [2.45, 2.75) is 6.54 Å². The number of carbonyl (C=O) groups is 1. The first-order valence-corrected chi connectivity index (χ1v) is 6.64. The maximum absolute atomic E-state index is 11.8. The van der Waals surface area contributed by atoms with E-state index in [-0.39, 0.29) is 11.7 Å². The lowest BCUT2D eigenvalue weighted by Crippen LogP contribution is -2.22. The van der Waals surface area contributed by atoms with Gasteiger partial charge in [-0.25, -0.2) is 0 Å². The minimum Gasteiger partial charge on any atom is -0.508 e. The van der Waals surface area contributed by atoms with Crippen molar-refractivity contribution in [3.05, 3.63) is 50.6 Å². The highest BCUT2D eigenvalue weighted by Gasteiger charge is 2.11. The van der Waals surface area contributed by atoms with E-state index in [9.17, 15) is 9.90 Å². The van der Waals surface area contributed by atoms with E-state index >= 15 is 0 Å². The molecule has 1 aromatic heterocycles. The minimum atomic E-state index is -0.143. The predicted molar refractivity (Wildman–Crippen MR) is 71.3 cm³/mol. The van der Waals surface area contributed by atoms with Crippen molar-refractivity contribution in [3.63, 3.8) is 0 Å². The van der Waals surface area contributed by atoms with E-state index in [0.29, 0.717) is 17.0 Å². The highest BCUT2D eigenvalue weighted by molar-refractivity contribution is 9.10. The first kappa shape index (κ1) is 12.1. The summed E-state index contributed by atoms with van der Waals surface area (Å²) in [7, 11) is 0. The largest absolute Gasteiger partial charge is 0.508 e. The van der Waals surface area contributed by atoms with Crippen LogP contribution in [0.15, 0.2) is 40.2 Å². The van der Waals surface area contributed by atoms with Gasteiger partial charge in [-0.15, -0.1) is 11.3 Å².